The van der Waals surface area contributed by atoms with Crippen LogP contribution in [0.25, 0.3) is 0 Å². The Morgan fingerprint density at radius 1 is 1.41 bits per heavy atom. The van der Waals surface area contributed by atoms with Gasteiger partial charge in [0.05, 0.1) is 6.61 Å². The first kappa shape index (κ1) is 13.2. The van der Waals surface area contributed by atoms with E-state index in [0.717, 1.165) is 0 Å². The van der Waals surface area contributed by atoms with E-state index in [1.807, 2.05) is 0 Å². The van der Waals surface area contributed by atoms with E-state index in [9.17, 15) is 13.6 Å². The second-order valence-electron chi connectivity index (χ2n) is 3.17. The molecule has 1 aromatic rings. The van der Waals surface area contributed by atoms with Crippen molar-refractivity contribution in [3.63, 3.8) is 0 Å². The second kappa shape index (κ2) is 6.64. The fraction of sp³-hybridized carbons (Fsp3) is 0.308. The second-order valence-corrected chi connectivity index (χ2v) is 3.17. The number of halogens is 2. The lowest BCUT2D eigenvalue weighted by atomic mass is 10.1. The van der Waals surface area contributed by atoms with E-state index >= 15 is 0 Å². The van der Waals surface area contributed by atoms with Gasteiger partial charge in [0, 0.05) is 11.1 Å². The number of carbonyl (C=O) groups excluding carboxylic acids is 1. The van der Waals surface area contributed by atoms with Gasteiger partial charge in [-0.25, -0.2) is 8.78 Å². The highest BCUT2D eigenvalue weighted by Crippen LogP contribution is 2.21. The highest BCUT2D eigenvalue weighted by Gasteiger charge is 2.10. The average molecular weight is 238 g/mol. The fourth-order valence-corrected chi connectivity index (χ4v) is 1.22. The van der Waals surface area contributed by atoms with Crippen LogP contribution in [0.5, 0.6) is 0 Å². The Balaban J connectivity index is 2.75. The van der Waals surface area contributed by atoms with Crippen LogP contribution in [0.2, 0.25) is 0 Å². The molecule has 1 aromatic carbocycles. The zero-order chi connectivity index (χ0) is 12.7. The van der Waals surface area contributed by atoms with Gasteiger partial charge in [-0.15, -0.1) is 0 Å². The van der Waals surface area contributed by atoms with Crippen LogP contribution in [-0.2, 0) is 9.53 Å². The van der Waals surface area contributed by atoms with Crippen molar-refractivity contribution in [2.75, 3.05) is 6.61 Å². The van der Waals surface area contributed by atoms with Crippen LogP contribution in [0.15, 0.2) is 24.3 Å². The molecule has 2 nitrogen and oxygen atoms in total. The molecule has 4 heteroatoms. The lowest BCUT2D eigenvalue weighted by Gasteiger charge is -2.01. The number of rotatable bonds is 3. The third kappa shape index (κ3) is 4.23. The van der Waals surface area contributed by atoms with Crippen molar-refractivity contribution in [1.82, 2.24) is 0 Å². The van der Waals surface area contributed by atoms with Crippen LogP contribution >= 0.6 is 0 Å². The molecule has 0 radical (unpaired) electrons. The standard InChI is InChI=1S/C13H12F2O2/c1-2-17-12(16)9-5-7-10-6-3-4-8-11(10)13(14)15/h3-4,6,8,13H,2,9H2,1H3. The van der Waals surface area contributed by atoms with E-state index in [-0.39, 0.29) is 24.2 Å². The van der Waals surface area contributed by atoms with Gasteiger partial charge in [-0.3, -0.25) is 4.79 Å². The predicted molar refractivity (Wildman–Crippen MR) is 59.5 cm³/mol. The van der Waals surface area contributed by atoms with Crippen LogP contribution in [0, 0.1) is 11.8 Å². The molecule has 0 spiro atoms. The minimum Gasteiger partial charge on any atom is -0.465 e. The van der Waals surface area contributed by atoms with Gasteiger partial charge >= 0.3 is 5.97 Å². The number of hydrogen-bond acceptors (Lipinski definition) is 2. The molecule has 0 N–H and O–H groups in total. The molecule has 17 heavy (non-hydrogen) atoms. The topological polar surface area (TPSA) is 26.3 Å². The SMILES string of the molecule is CCOC(=O)CC#Cc1ccccc1C(F)F. The molecule has 0 atom stereocenters. The van der Waals surface area contributed by atoms with Gasteiger partial charge in [-0.2, -0.15) is 0 Å². The molecule has 0 saturated carbocycles. The number of ether oxygens (including phenoxy) is 1. The monoisotopic (exact) mass is 238 g/mol. The molecule has 0 aliphatic carbocycles. The van der Waals surface area contributed by atoms with Crippen molar-refractivity contribution in [3.8, 4) is 11.8 Å². The van der Waals surface area contributed by atoms with Crippen LogP contribution in [-0.4, -0.2) is 12.6 Å². The highest BCUT2D eigenvalue weighted by molar-refractivity contribution is 5.72. The van der Waals surface area contributed by atoms with Crippen molar-refractivity contribution in [2.45, 2.75) is 19.8 Å². The molecule has 1 rings (SSSR count). The van der Waals surface area contributed by atoms with Crippen LogP contribution in [0.3, 0.4) is 0 Å². The quantitative estimate of drug-likeness (QED) is 0.597. The van der Waals surface area contributed by atoms with Gasteiger partial charge in [-0.05, 0) is 13.0 Å². The summed E-state index contributed by atoms with van der Waals surface area (Å²) in [5.41, 5.74) is 0.121. The molecule has 0 amide bonds. The number of hydrogen-bond donors (Lipinski definition) is 0. The van der Waals surface area contributed by atoms with Gasteiger partial charge < -0.3 is 4.74 Å². The molecule has 0 aliphatic heterocycles. The molecule has 0 aromatic heterocycles. The average Bonchev–Trinajstić information content (AvgIpc) is 2.30. The maximum Gasteiger partial charge on any atom is 0.317 e. The summed E-state index contributed by atoms with van der Waals surface area (Å²) >= 11 is 0. The Labute approximate surface area is 98.6 Å². The summed E-state index contributed by atoms with van der Waals surface area (Å²) in [6.07, 6.45) is -2.66. The number of alkyl halides is 2. The predicted octanol–water partition coefficient (Wildman–Crippen LogP) is 2.93. The first-order valence-electron chi connectivity index (χ1n) is 5.16. The summed E-state index contributed by atoms with van der Waals surface area (Å²) in [7, 11) is 0. The lowest BCUT2D eigenvalue weighted by Crippen LogP contribution is -2.01. The minimum atomic E-state index is -2.57. The van der Waals surface area contributed by atoms with Gasteiger partial charge in [0.25, 0.3) is 6.43 Å². The summed E-state index contributed by atoms with van der Waals surface area (Å²) in [6, 6.07) is 5.97. The van der Waals surface area contributed by atoms with E-state index < -0.39 is 12.4 Å². The number of esters is 1. The van der Waals surface area contributed by atoms with Gasteiger partial charge in [0.1, 0.15) is 6.42 Å². The Hall–Kier alpha value is -1.89. The Bertz CT molecular complexity index is 444. The Kier molecular flexibility index (Phi) is 5.15. The van der Waals surface area contributed by atoms with Crippen molar-refractivity contribution < 1.29 is 18.3 Å². The Morgan fingerprint density at radius 3 is 2.76 bits per heavy atom. The van der Waals surface area contributed by atoms with Crippen molar-refractivity contribution in [3.05, 3.63) is 35.4 Å². The molecule has 0 heterocycles. The molecule has 0 aliphatic rings. The largest absolute Gasteiger partial charge is 0.465 e. The zero-order valence-corrected chi connectivity index (χ0v) is 9.37. The normalized spacial score (nSPS) is 9.65. The summed E-state index contributed by atoms with van der Waals surface area (Å²) < 4.78 is 29.8. The summed E-state index contributed by atoms with van der Waals surface area (Å²) in [5.74, 6) is 4.63. The zero-order valence-electron chi connectivity index (χ0n) is 9.37. The maximum absolute atomic E-state index is 12.6. The van der Waals surface area contributed by atoms with Crippen molar-refractivity contribution >= 4 is 5.97 Å². The van der Waals surface area contributed by atoms with E-state index in [1.54, 1.807) is 13.0 Å². The van der Waals surface area contributed by atoms with Gasteiger partial charge in [0.15, 0.2) is 0 Å². The maximum atomic E-state index is 12.6. The van der Waals surface area contributed by atoms with Gasteiger partial charge in [0.2, 0.25) is 0 Å². The highest BCUT2D eigenvalue weighted by atomic mass is 19.3. The molecule has 0 unspecified atom stereocenters. The van der Waals surface area contributed by atoms with Crippen LogP contribution in [0.1, 0.15) is 30.9 Å². The summed E-state index contributed by atoms with van der Waals surface area (Å²) in [6.45, 7) is 1.98. The smallest absolute Gasteiger partial charge is 0.317 e. The third-order valence-electron chi connectivity index (χ3n) is 1.96. The molecule has 0 fully saturated rings. The number of carbonyl (C=O) groups is 1. The first-order chi connectivity index (χ1) is 8.15. The number of benzene rings is 1. The molecular weight excluding hydrogens is 226 g/mol. The molecule has 0 bridgehead atoms. The molecular formula is C13H12F2O2. The first-order valence-corrected chi connectivity index (χ1v) is 5.16. The summed E-state index contributed by atoms with van der Waals surface area (Å²) in [4.78, 5) is 11.0. The van der Waals surface area contributed by atoms with E-state index in [2.05, 4.69) is 16.6 Å². The Morgan fingerprint density at radius 2 is 2.12 bits per heavy atom. The van der Waals surface area contributed by atoms with E-state index in [0.29, 0.717) is 0 Å². The van der Waals surface area contributed by atoms with Crippen LogP contribution < -0.4 is 0 Å². The van der Waals surface area contributed by atoms with Crippen molar-refractivity contribution in [1.29, 1.82) is 0 Å². The van der Waals surface area contributed by atoms with Crippen molar-refractivity contribution in [2.24, 2.45) is 0 Å². The molecule has 90 valence electrons. The van der Waals surface area contributed by atoms with E-state index in [1.165, 1.54) is 18.2 Å². The van der Waals surface area contributed by atoms with E-state index in [4.69, 9.17) is 0 Å². The fourth-order valence-electron chi connectivity index (χ4n) is 1.22. The molecule has 0 saturated heterocycles. The van der Waals surface area contributed by atoms with Crippen LogP contribution in [0.4, 0.5) is 8.78 Å². The lowest BCUT2D eigenvalue weighted by molar-refractivity contribution is -0.141. The van der Waals surface area contributed by atoms with Gasteiger partial charge in [-0.1, -0.05) is 30.0 Å². The minimum absolute atomic E-state index is 0.0919. The third-order valence-corrected chi connectivity index (χ3v) is 1.96. The summed E-state index contributed by atoms with van der Waals surface area (Å²) in [5, 5.41) is 0.